The Bertz CT molecular complexity index is 421. The number of methoxy groups -OCH3 is 2. The molecule has 0 bridgehead atoms. The van der Waals surface area contributed by atoms with Crippen LogP contribution in [0, 0.1) is 5.92 Å². The molecule has 1 aromatic rings. The summed E-state index contributed by atoms with van der Waals surface area (Å²) in [5.74, 6) is 2.64. The first-order valence-corrected chi connectivity index (χ1v) is 7.44. The first-order chi connectivity index (χ1) is 10.3. The van der Waals surface area contributed by atoms with Gasteiger partial charge in [-0.15, -0.1) is 0 Å². The second-order valence-electron chi connectivity index (χ2n) is 5.19. The SMILES string of the molecule is CCNCc1cc(OC)c(OCOCC2CC2)c(OC)c1. The maximum absolute atomic E-state index is 5.70. The Kier molecular flexibility index (Phi) is 6.14. The molecule has 1 aliphatic carbocycles. The van der Waals surface area contributed by atoms with Gasteiger partial charge in [0.1, 0.15) is 0 Å². The lowest BCUT2D eigenvalue weighted by Gasteiger charge is -2.16. The Morgan fingerprint density at radius 2 is 1.81 bits per heavy atom. The molecule has 0 atom stereocenters. The van der Waals surface area contributed by atoms with Crippen molar-refractivity contribution in [1.29, 1.82) is 0 Å². The minimum Gasteiger partial charge on any atom is -0.493 e. The van der Waals surface area contributed by atoms with Crippen molar-refractivity contribution >= 4 is 0 Å². The van der Waals surface area contributed by atoms with E-state index in [0.29, 0.717) is 17.2 Å². The van der Waals surface area contributed by atoms with Crippen LogP contribution in [0.1, 0.15) is 25.3 Å². The van der Waals surface area contributed by atoms with Crippen LogP contribution in [0.15, 0.2) is 12.1 Å². The van der Waals surface area contributed by atoms with E-state index in [9.17, 15) is 0 Å². The van der Waals surface area contributed by atoms with Gasteiger partial charge >= 0.3 is 0 Å². The lowest BCUT2D eigenvalue weighted by atomic mass is 10.2. The summed E-state index contributed by atoms with van der Waals surface area (Å²) in [4.78, 5) is 0. The number of hydrogen-bond acceptors (Lipinski definition) is 5. The number of nitrogens with one attached hydrogen (secondary N) is 1. The van der Waals surface area contributed by atoms with E-state index in [4.69, 9.17) is 18.9 Å². The summed E-state index contributed by atoms with van der Waals surface area (Å²) in [7, 11) is 3.26. The predicted molar refractivity (Wildman–Crippen MR) is 81.1 cm³/mol. The first-order valence-electron chi connectivity index (χ1n) is 7.44. The van der Waals surface area contributed by atoms with E-state index in [1.165, 1.54) is 12.8 Å². The van der Waals surface area contributed by atoms with E-state index in [1.807, 2.05) is 12.1 Å². The second-order valence-corrected chi connectivity index (χ2v) is 5.19. The molecule has 1 saturated carbocycles. The lowest BCUT2D eigenvalue weighted by Crippen LogP contribution is -2.12. The van der Waals surface area contributed by atoms with Gasteiger partial charge in [0, 0.05) is 6.54 Å². The van der Waals surface area contributed by atoms with Crippen molar-refractivity contribution < 1.29 is 18.9 Å². The molecule has 1 aromatic carbocycles. The zero-order chi connectivity index (χ0) is 15.1. The quantitative estimate of drug-likeness (QED) is 0.531. The molecule has 0 aromatic heterocycles. The van der Waals surface area contributed by atoms with Gasteiger partial charge in [-0.05, 0) is 43.0 Å². The van der Waals surface area contributed by atoms with Gasteiger partial charge in [-0.25, -0.2) is 0 Å². The molecule has 5 heteroatoms. The van der Waals surface area contributed by atoms with Crippen molar-refractivity contribution in [2.24, 2.45) is 5.92 Å². The second kappa shape index (κ2) is 8.10. The average Bonchev–Trinajstić information content (AvgIpc) is 3.33. The molecule has 1 N–H and O–H groups in total. The Labute approximate surface area is 126 Å². The largest absolute Gasteiger partial charge is 0.493 e. The molecular weight excluding hydrogens is 270 g/mol. The monoisotopic (exact) mass is 295 g/mol. The molecule has 0 unspecified atom stereocenters. The molecule has 5 nitrogen and oxygen atoms in total. The van der Waals surface area contributed by atoms with E-state index in [0.717, 1.165) is 31.2 Å². The fourth-order valence-electron chi connectivity index (χ4n) is 2.05. The van der Waals surface area contributed by atoms with Gasteiger partial charge < -0.3 is 24.3 Å². The molecule has 0 saturated heterocycles. The van der Waals surface area contributed by atoms with Gasteiger partial charge in [0.05, 0.1) is 20.8 Å². The van der Waals surface area contributed by atoms with Crippen molar-refractivity contribution in [1.82, 2.24) is 5.32 Å². The van der Waals surface area contributed by atoms with Crippen molar-refractivity contribution in [3.05, 3.63) is 17.7 Å². The zero-order valence-corrected chi connectivity index (χ0v) is 13.1. The maximum Gasteiger partial charge on any atom is 0.206 e. The van der Waals surface area contributed by atoms with E-state index >= 15 is 0 Å². The molecule has 0 amide bonds. The van der Waals surface area contributed by atoms with Crippen LogP contribution in [0.5, 0.6) is 17.2 Å². The van der Waals surface area contributed by atoms with Crippen LogP contribution in [0.2, 0.25) is 0 Å². The third-order valence-electron chi connectivity index (χ3n) is 3.44. The van der Waals surface area contributed by atoms with Crippen LogP contribution in [0.4, 0.5) is 0 Å². The number of hydrogen-bond donors (Lipinski definition) is 1. The Morgan fingerprint density at radius 1 is 1.14 bits per heavy atom. The molecule has 1 aliphatic rings. The van der Waals surface area contributed by atoms with E-state index in [1.54, 1.807) is 14.2 Å². The summed E-state index contributed by atoms with van der Waals surface area (Å²) in [5, 5.41) is 3.28. The summed E-state index contributed by atoms with van der Waals surface area (Å²) in [6, 6.07) is 3.92. The van der Waals surface area contributed by atoms with Gasteiger partial charge in [-0.2, -0.15) is 0 Å². The molecule has 1 fully saturated rings. The molecular formula is C16H25NO4. The number of benzene rings is 1. The Balaban J connectivity index is 2.01. The lowest BCUT2D eigenvalue weighted by molar-refractivity contribution is 0.00727. The maximum atomic E-state index is 5.70. The molecule has 0 radical (unpaired) electrons. The van der Waals surface area contributed by atoms with Crippen LogP contribution in [-0.2, 0) is 11.3 Å². The van der Waals surface area contributed by atoms with E-state index in [-0.39, 0.29) is 6.79 Å². The van der Waals surface area contributed by atoms with E-state index < -0.39 is 0 Å². The Morgan fingerprint density at radius 3 is 2.33 bits per heavy atom. The van der Waals surface area contributed by atoms with Gasteiger partial charge in [0.2, 0.25) is 5.75 Å². The van der Waals surface area contributed by atoms with Crippen molar-refractivity contribution in [3.63, 3.8) is 0 Å². The fourth-order valence-corrected chi connectivity index (χ4v) is 2.05. The minimum atomic E-state index is 0.218. The van der Waals surface area contributed by atoms with Gasteiger partial charge in [0.15, 0.2) is 18.3 Å². The normalized spacial score (nSPS) is 14.0. The third kappa shape index (κ3) is 4.79. The van der Waals surface area contributed by atoms with Crippen LogP contribution < -0.4 is 19.5 Å². The highest BCUT2D eigenvalue weighted by Gasteiger charge is 2.21. The highest BCUT2D eigenvalue weighted by atomic mass is 16.7. The van der Waals surface area contributed by atoms with Crippen LogP contribution in [-0.4, -0.2) is 34.2 Å². The summed E-state index contributed by atoms with van der Waals surface area (Å²) < 4.78 is 22.0. The number of ether oxygens (including phenoxy) is 4. The van der Waals surface area contributed by atoms with Crippen molar-refractivity contribution in [2.45, 2.75) is 26.3 Å². The zero-order valence-electron chi connectivity index (χ0n) is 13.1. The number of rotatable bonds is 10. The van der Waals surface area contributed by atoms with Crippen molar-refractivity contribution in [3.8, 4) is 17.2 Å². The van der Waals surface area contributed by atoms with Gasteiger partial charge in [0.25, 0.3) is 0 Å². The summed E-state index contributed by atoms with van der Waals surface area (Å²) in [5.41, 5.74) is 1.09. The predicted octanol–water partition coefficient (Wildman–Crippen LogP) is 2.58. The molecule has 118 valence electrons. The van der Waals surface area contributed by atoms with E-state index in [2.05, 4.69) is 12.2 Å². The fraction of sp³-hybridized carbons (Fsp3) is 0.625. The third-order valence-corrected chi connectivity index (χ3v) is 3.44. The van der Waals surface area contributed by atoms with Gasteiger partial charge in [-0.3, -0.25) is 0 Å². The van der Waals surface area contributed by atoms with Crippen LogP contribution >= 0.6 is 0 Å². The minimum absolute atomic E-state index is 0.218. The van der Waals surface area contributed by atoms with Gasteiger partial charge in [-0.1, -0.05) is 6.92 Å². The van der Waals surface area contributed by atoms with Crippen LogP contribution in [0.25, 0.3) is 0 Å². The smallest absolute Gasteiger partial charge is 0.206 e. The summed E-state index contributed by atoms with van der Waals surface area (Å²) in [6.07, 6.45) is 2.54. The summed E-state index contributed by atoms with van der Waals surface area (Å²) in [6.45, 7) is 4.74. The first kappa shape index (κ1) is 15.9. The highest BCUT2D eigenvalue weighted by Crippen LogP contribution is 2.38. The standard InChI is InChI=1S/C16H25NO4/c1-4-17-9-13-7-14(18-2)16(15(8-13)19-3)21-11-20-10-12-5-6-12/h7-8,12,17H,4-6,9-11H2,1-3H3. The summed E-state index contributed by atoms with van der Waals surface area (Å²) >= 11 is 0. The molecule has 21 heavy (non-hydrogen) atoms. The highest BCUT2D eigenvalue weighted by molar-refractivity contribution is 5.53. The molecule has 0 spiro atoms. The molecule has 2 rings (SSSR count). The van der Waals surface area contributed by atoms with Crippen molar-refractivity contribution in [2.75, 3.05) is 34.2 Å². The molecule has 0 heterocycles. The van der Waals surface area contributed by atoms with Crippen LogP contribution in [0.3, 0.4) is 0 Å². The topological polar surface area (TPSA) is 49.0 Å². The average molecular weight is 295 g/mol. The molecule has 0 aliphatic heterocycles. The Hall–Kier alpha value is -1.46.